The maximum atomic E-state index is 12.0. The van der Waals surface area contributed by atoms with Gasteiger partial charge in [0.05, 0.1) is 4.90 Å². The minimum Gasteiger partial charge on any atom is -0.483 e. The summed E-state index contributed by atoms with van der Waals surface area (Å²) >= 11 is 0. The number of ether oxygens (including phenoxy) is 1. The number of nitrogens with zero attached hydrogens (tertiary/aromatic N) is 1. The molecule has 1 aromatic rings. The van der Waals surface area contributed by atoms with E-state index < -0.39 is 10.0 Å². The van der Waals surface area contributed by atoms with E-state index in [1.165, 1.54) is 23.1 Å². The Morgan fingerprint density at radius 3 is 2.59 bits per heavy atom. The molecule has 0 saturated carbocycles. The number of sulfonamides is 1. The fourth-order valence-corrected chi connectivity index (χ4v) is 2.75. The lowest BCUT2D eigenvalue weighted by atomic mass is 10.2. The van der Waals surface area contributed by atoms with Gasteiger partial charge in [0, 0.05) is 27.2 Å². The molecule has 2 N–H and O–H groups in total. The molecule has 0 unspecified atom stereocenters. The van der Waals surface area contributed by atoms with Crippen LogP contribution in [0.4, 0.5) is 0 Å². The third-order valence-corrected chi connectivity index (χ3v) is 4.39. The predicted molar refractivity (Wildman–Crippen MR) is 82.3 cm³/mol. The number of likely N-dealkylation sites (N-methyl/N-ethyl adjacent to an activating group) is 1. The quantitative estimate of drug-likeness (QED) is 0.660. The lowest BCUT2D eigenvalue weighted by Gasteiger charge is -2.13. The van der Waals surface area contributed by atoms with Gasteiger partial charge >= 0.3 is 0 Å². The second-order valence-electron chi connectivity index (χ2n) is 4.98. The number of benzene rings is 1. The molecule has 0 aromatic heterocycles. The van der Waals surface area contributed by atoms with Crippen LogP contribution in [0.3, 0.4) is 0 Å². The molecule has 1 amide bonds. The van der Waals surface area contributed by atoms with Crippen molar-refractivity contribution in [2.24, 2.45) is 0 Å². The summed E-state index contributed by atoms with van der Waals surface area (Å²) in [6.45, 7) is 1.71. The molecule has 0 radical (unpaired) electrons. The molecule has 124 valence electrons. The van der Waals surface area contributed by atoms with E-state index in [4.69, 9.17) is 9.84 Å². The monoisotopic (exact) mass is 330 g/mol. The summed E-state index contributed by atoms with van der Waals surface area (Å²) in [7, 11) is -0.346. The van der Waals surface area contributed by atoms with E-state index in [-0.39, 0.29) is 30.6 Å². The highest BCUT2D eigenvalue weighted by atomic mass is 32.2. The zero-order chi connectivity index (χ0) is 16.8. The van der Waals surface area contributed by atoms with Gasteiger partial charge in [-0.15, -0.1) is 0 Å². The first kappa shape index (κ1) is 18.4. The van der Waals surface area contributed by atoms with Gasteiger partial charge in [-0.2, -0.15) is 0 Å². The highest BCUT2D eigenvalue weighted by Crippen LogP contribution is 2.21. The van der Waals surface area contributed by atoms with Gasteiger partial charge in [-0.25, -0.2) is 13.1 Å². The molecule has 1 rings (SSSR count). The first-order valence-electron chi connectivity index (χ1n) is 6.82. The minimum atomic E-state index is -3.61. The fourth-order valence-electron chi connectivity index (χ4n) is 1.59. The number of amides is 1. The van der Waals surface area contributed by atoms with Gasteiger partial charge in [-0.1, -0.05) is 0 Å². The van der Waals surface area contributed by atoms with E-state index in [9.17, 15) is 13.2 Å². The van der Waals surface area contributed by atoms with E-state index in [0.717, 1.165) is 0 Å². The van der Waals surface area contributed by atoms with Crippen LogP contribution in [0.25, 0.3) is 0 Å². The van der Waals surface area contributed by atoms with Crippen molar-refractivity contribution >= 4 is 15.9 Å². The van der Waals surface area contributed by atoms with Crippen LogP contribution in [0.2, 0.25) is 0 Å². The summed E-state index contributed by atoms with van der Waals surface area (Å²) in [5.41, 5.74) is 0.622. The molecule has 22 heavy (non-hydrogen) atoms. The maximum Gasteiger partial charge on any atom is 0.259 e. The van der Waals surface area contributed by atoms with Gasteiger partial charge in [-0.05, 0) is 37.1 Å². The van der Waals surface area contributed by atoms with E-state index in [0.29, 0.717) is 17.7 Å². The molecule has 0 heterocycles. The number of rotatable bonds is 8. The van der Waals surface area contributed by atoms with Gasteiger partial charge in [0.15, 0.2) is 6.61 Å². The Hall–Kier alpha value is -1.64. The van der Waals surface area contributed by atoms with Crippen molar-refractivity contribution in [3.8, 4) is 5.75 Å². The number of aliphatic hydroxyl groups excluding tert-OH is 1. The number of nitrogens with one attached hydrogen (secondary N) is 1. The van der Waals surface area contributed by atoms with Crippen LogP contribution in [-0.2, 0) is 14.8 Å². The van der Waals surface area contributed by atoms with Crippen molar-refractivity contribution in [3.63, 3.8) is 0 Å². The number of hydrogen-bond acceptors (Lipinski definition) is 5. The fraction of sp³-hybridized carbons (Fsp3) is 0.500. The normalized spacial score (nSPS) is 11.3. The third kappa shape index (κ3) is 5.28. The van der Waals surface area contributed by atoms with Gasteiger partial charge < -0.3 is 14.7 Å². The van der Waals surface area contributed by atoms with Crippen molar-refractivity contribution in [1.29, 1.82) is 0 Å². The molecular formula is C14H22N2O5S. The van der Waals surface area contributed by atoms with Crippen molar-refractivity contribution in [2.75, 3.05) is 33.9 Å². The zero-order valence-electron chi connectivity index (χ0n) is 13.0. The lowest BCUT2D eigenvalue weighted by molar-refractivity contribution is -0.130. The number of hydrogen-bond donors (Lipinski definition) is 2. The van der Waals surface area contributed by atoms with Gasteiger partial charge in [-0.3, -0.25) is 4.79 Å². The van der Waals surface area contributed by atoms with Crippen LogP contribution in [0.5, 0.6) is 5.75 Å². The van der Waals surface area contributed by atoms with Gasteiger partial charge in [0.25, 0.3) is 5.91 Å². The second kappa shape index (κ2) is 8.11. The zero-order valence-corrected chi connectivity index (χ0v) is 13.8. The summed E-state index contributed by atoms with van der Waals surface area (Å²) < 4.78 is 31.8. The largest absolute Gasteiger partial charge is 0.483 e. The lowest BCUT2D eigenvalue weighted by Crippen LogP contribution is -2.27. The summed E-state index contributed by atoms with van der Waals surface area (Å²) in [4.78, 5) is 13.0. The highest BCUT2D eigenvalue weighted by Gasteiger charge is 2.15. The number of carbonyl (C=O) groups excluding carboxylic acids is 1. The Morgan fingerprint density at radius 2 is 2.05 bits per heavy atom. The standard InChI is InChI=1S/C14H22N2O5S/c1-11-9-12(22(19,20)15-7-4-8-17)5-6-13(11)21-10-14(18)16(2)3/h5-6,9,15,17H,4,7-8,10H2,1-3H3. The number of carbonyl (C=O) groups is 1. The van der Waals surface area contributed by atoms with Crippen LogP contribution in [0.1, 0.15) is 12.0 Å². The Morgan fingerprint density at radius 1 is 1.36 bits per heavy atom. The van der Waals surface area contributed by atoms with Crippen LogP contribution < -0.4 is 9.46 Å². The van der Waals surface area contributed by atoms with Crippen molar-refractivity contribution < 1.29 is 23.1 Å². The van der Waals surface area contributed by atoms with E-state index in [1.54, 1.807) is 21.0 Å². The molecule has 1 aromatic carbocycles. The molecule has 0 bridgehead atoms. The smallest absolute Gasteiger partial charge is 0.259 e. The SMILES string of the molecule is Cc1cc(S(=O)(=O)NCCCO)ccc1OCC(=O)N(C)C. The Balaban J connectivity index is 2.78. The first-order valence-corrected chi connectivity index (χ1v) is 8.30. The predicted octanol–water partition coefficient (Wildman–Crippen LogP) is 0.123. The van der Waals surface area contributed by atoms with E-state index >= 15 is 0 Å². The molecule has 0 saturated heterocycles. The topological polar surface area (TPSA) is 95.9 Å². The van der Waals surface area contributed by atoms with E-state index in [2.05, 4.69) is 4.72 Å². The average molecular weight is 330 g/mol. The Bertz CT molecular complexity index is 614. The third-order valence-electron chi connectivity index (χ3n) is 2.93. The number of aryl methyl sites for hydroxylation is 1. The van der Waals surface area contributed by atoms with Gasteiger partial charge in [0.1, 0.15) is 5.75 Å². The molecule has 8 heteroatoms. The van der Waals surface area contributed by atoms with Crippen LogP contribution in [0.15, 0.2) is 23.1 Å². The molecule has 0 fully saturated rings. The Labute approximate surface area is 130 Å². The summed E-state index contributed by atoms with van der Waals surface area (Å²) in [6, 6.07) is 4.43. The van der Waals surface area contributed by atoms with Crippen molar-refractivity contribution in [2.45, 2.75) is 18.2 Å². The molecule has 0 spiro atoms. The average Bonchev–Trinajstić information content (AvgIpc) is 2.45. The molecule has 0 aliphatic heterocycles. The molecule has 0 atom stereocenters. The van der Waals surface area contributed by atoms with E-state index in [1.807, 2.05) is 0 Å². The van der Waals surface area contributed by atoms with Crippen molar-refractivity contribution in [3.05, 3.63) is 23.8 Å². The summed E-state index contributed by atoms with van der Waals surface area (Å²) in [6.07, 6.45) is 0.353. The highest BCUT2D eigenvalue weighted by molar-refractivity contribution is 7.89. The molecule has 0 aliphatic carbocycles. The van der Waals surface area contributed by atoms with Crippen molar-refractivity contribution in [1.82, 2.24) is 9.62 Å². The van der Waals surface area contributed by atoms with Gasteiger partial charge in [0.2, 0.25) is 10.0 Å². The molecule has 0 aliphatic rings. The summed E-state index contributed by atoms with van der Waals surface area (Å²) in [5.74, 6) is 0.284. The maximum absolute atomic E-state index is 12.0. The number of aliphatic hydroxyl groups is 1. The molecular weight excluding hydrogens is 308 g/mol. The minimum absolute atomic E-state index is 0.0752. The first-order chi connectivity index (χ1) is 10.3. The molecule has 7 nitrogen and oxygen atoms in total. The summed E-state index contributed by atoms with van der Waals surface area (Å²) in [5, 5.41) is 8.67. The second-order valence-corrected chi connectivity index (χ2v) is 6.75. The van der Waals surface area contributed by atoms with Crippen LogP contribution >= 0.6 is 0 Å². The van der Waals surface area contributed by atoms with Crippen LogP contribution in [0, 0.1) is 6.92 Å². The van der Waals surface area contributed by atoms with Crippen LogP contribution in [-0.4, -0.2) is 58.2 Å². The Kier molecular flexibility index (Phi) is 6.79.